The average molecular weight is 318 g/mol. The van der Waals surface area contributed by atoms with Gasteiger partial charge in [-0.25, -0.2) is 9.59 Å². The number of alkyl carbamates (subject to hydrolysis) is 2. The third-order valence-electron chi connectivity index (χ3n) is 2.34. The van der Waals surface area contributed by atoms with Crippen LogP contribution in [-0.2, 0) is 9.47 Å². The summed E-state index contributed by atoms with van der Waals surface area (Å²) in [5.41, 5.74) is -1.11. The molecule has 0 bridgehead atoms. The number of hydrogen-bond acceptors (Lipinski definition) is 5. The number of aliphatic hydroxyl groups is 1. The van der Waals surface area contributed by atoms with Gasteiger partial charge in [-0.15, -0.1) is 0 Å². The minimum atomic E-state index is -0.581. The Morgan fingerprint density at radius 2 is 1.50 bits per heavy atom. The van der Waals surface area contributed by atoms with E-state index in [1.807, 2.05) is 0 Å². The number of hydrogen-bond donors (Lipinski definition) is 3. The van der Waals surface area contributed by atoms with E-state index in [2.05, 4.69) is 10.6 Å². The van der Waals surface area contributed by atoms with Gasteiger partial charge >= 0.3 is 12.2 Å². The maximum atomic E-state index is 11.6. The Labute approximate surface area is 132 Å². The number of aliphatic hydroxyl groups excluding tert-OH is 1. The first-order chi connectivity index (χ1) is 9.93. The van der Waals surface area contributed by atoms with E-state index in [4.69, 9.17) is 9.47 Å². The van der Waals surface area contributed by atoms with Gasteiger partial charge in [0, 0.05) is 6.54 Å². The van der Waals surface area contributed by atoms with E-state index in [1.54, 1.807) is 41.5 Å². The van der Waals surface area contributed by atoms with Crippen molar-refractivity contribution in [3.63, 3.8) is 0 Å². The van der Waals surface area contributed by atoms with Crippen LogP contribution in [-0.4, -0.2) is 47.7 Å². The summed E-state index contributed by atoms with van der Waals surface area (Å²) in [5.74, 6) is 0. The Morgan fingerprint density at radius 1 is 1.00 bits per heavy atom. The summed E-state index contributed by atoms with van der Waals surface area (Å²) in [7, 11) is 0. The highest BCUT2D eigenvalue weighted by Gasteiger charge is 2.19. The molecule has 1 atom stereocenters. The number of ether oxygens (including phenoxy) is 2. The Morgan fingerprint density at radius 3 is 1.95 bits per heavy atom. The van der Waals surface area contributed by atoms with Crippen molar-refractivity contribution in [3.05, 3.63) is 0 Å². The molecular weight excluding hydrogens is 288 g/mol. The van der Waals surface area contributed by atoms with Crippen molar-refractivity contribution >= 4 is 12.2 Å². The van der Waals surface area contributed by atoms with Gasteiger partial charge in [0.05, 0.1) is 12.6 Å². The molecular formula is C15H30N2O5. The molecule has 0 aliphatic rings. The Balaban J connectivity index is 3.96. The van der Waals surface area contributed by atoms with E-state index in [1.165, 1.54) is 0 Å². The van der Waals surface area contributed by atoms with Gasteiger partial charge in [-0.3, -0.25) is 0 Å². The third kappa shape index (κ3) is 12.3. The van der Waals surface area contributed by atoms with Gasteiger partial charge in [-0.1, -0.05) is 0 Å². The van der Waals surface area contributed by atoms with E-state index < -0.39 is 29.4 Å². The van der Waals surface area contributed by atoms with Crippen LogP contribution in [0.4, 0.5) is 9.59 Å². The molecule has 0 saturated heterocycles. The molecule has 130 valence electrons. The molecule has 0 aliphatic heterocycles. The molecule has 7 heteroatoms. The zero-order chi connectivity index (χ0) is 17.4. The van der Waals surface area contributed by atoms with Gasteiger partial charge in [0.2, 0.25) is 0 Å². The SMILES string of the molecule is CC(C)(C)OC(=O)NCCC[C@H](CO)NC(=O)OC(C)(C)C. The second-order valence-electron chi connectivity index (χ2n) is 7.10. The van der Waals surface area contributed by atoms with Crippen LogP contribution in [0.25, 0.3) is 0 Å². The van der Waals surface area contributed by atoms with Crippen LogP contribution in [0.2, 0.25) is 0 Å². The number of amides is 2. The summed E-state index contributed by atoms with van der Waals surface area (Å²) in [4.78, 5) is 23.0. The van der Waals surface area contributed by atoms with Crippen molar-refractivity contribution in [2.24, 2.45) is 0 Å². The smallest absolute Gasteiger partial charge is 0.407 e. The first-order valence-corrected chi connectivity index (χ1v) is 7.50. The van der Waals surface area contributed by atoms with Crippen LogP contribution >= 0.6 is 0 Å². The van der Waals surface area contributed by atoms with Crippen molar-refractivity contribution in [2.75, 3.05) is 13.2 Å². The normalized spacial score (nSPS) is 13.2. The molecule has 0 aromatic carbocycles. The fraction of sp³-hybridized carbons (Fsp3) is 0.867. The fourth-order valence-electron chi connectivity index (χ4n) is 1.54. The van der Waals surface area contributed by atoms with Crippen molar-refractivity contribution in [1.82, 2.24) is 10.6 Å². The molecule has 3 N–H and O–H groups in total. The quantitative estimate of drug-likeness (QED) is 0.652. The van der Waals surface area contributed by atoms with E-state index in [0.717, 1.165) is 0 Å². The van der Waals surface area contributed by atoms with Gasteiger partial charge in [-0.2, -0.15) is 0 Å². The first-order valence-electron chi connectivity index (χ1n) is 7.50. The topological polar surface area (TPSA) is 96.9 Å². The largest absolute Gasteiger partial charge is 0.444 e. The first kappa shape index (κ1) is 20.5. The average Bonchev–Trinajstić information content (AvgIpc) is 2.28. The molecule has 0 spiro atoms. The maximum Gasteiger partial charge on any atom is 0.407 e. The van der Waals surface area contributed by atoms with Crippen LogP contribution in [0.5, 0.6) is 0 Å². The van der Waals surface area contributed by atoms with Gasteiger partial charge in [0.25, 0.3) is 0 Å². The zero-order valence-corrected chi connectivity index (χ0v) is 14.5. The van der Waals surface area contributed by atoms with Crippen LogP contribution in [0.3, 0.4) is 0 Å². The van der Waals surface area contributed by atoms with Crippen LogP contribution in [0, 0.1) is 0 Å². The zero-order valence-electron chi connectivity index (χ0n) is 14.5. The summed E-state index contributed by atoms with van der Waals surface area (Å²) < 4.78 is 10.2. The summed E-state index contributed by atoms with van der Waals surface area (Å²) in [6.45, 7) is 10.9. The molecule has 0 radical (unpaired) electrons. The van der Waals surface area contributed by atoms with Crippen molar-refractivity contribution in [1.29, 1.82) is 0 Å². The molecule has 0 heterocycles. The monoisotopic (exact) mass is 318 g/mol. The van der Waals surface area contributed by atoms with Gasteiger partial charge in [0.1, 0.15) is 11.2 Å². The Kier molecular flexibility index (Phi) is 8.22. The highest BCUT2D eigenvalue weighted by molar-refractivity contribution is 5.68. The molecule has 0 aromatic rings. The molecule has 0 aliphatic carbocycles. The number of carbonyl (C=O) groups is 2. The molecule has 7 nitrogen and oxygen atoms in total. The van der Waals surface area contributed by atoms with Gasteiger partial charge in [-0.05, 0) is 54.4 Å². The van der Waals surface area contributed by atoms with Crippen molar-refractivity contribution < 1.29 is 24.2 Å². The molecule has 0 unspecified atom stereocenters. The van der Waals surface area contributed by atoms with Crippen LogP contribution < -0.4 is 10.6 Å². The maximum absolute atomic E-state index is 11.6. The highest BCUT2D eigenvalue weighted by Crippen LogP contribution is 2.08. The predicted octanol–water partition coefficient (Wildman–Crippen LogP) is 2.18. The van der Waals surface area contributed by atoms with Gasteiger partial charge in [0.15, 0.2) is 0 Å². The number of carbonyl (C=O) groups excluding carboxylic acids is 2. The van der Waals surface area contributed by atoms with Crippen molar-refractivity contribution in [2.45, 2.75) is 71.6 Å². The molecule has 0 rings (SSSR count). The second-order valence-corrected chi connectivity index (χ2v) is 7.10. The molecule has 0 aromatic heterocycles. The standard InChI is InChI=1S/C15H30N2O5/c1-14(2,3)21-12(19)16-9-7-8-11(10-18)17-13(20)22-15(4,5)6/h11,18H,7-10H2,1-6H3,(H,16,19)(H,17,20)/t11-/m1/s1. The molecule has 0 fully saturated rings. The lowest BCUT2D eigenvalue weighted by molar-refractivity contribution is 0.0469. The Hall–Kier alpha value is -1.50. The lowest BCUT2D eigenvalue weighted by Gasteiger charge is -2.23. The van der Waals surface area contributed by atoms with Crippen LogP contribution in [0.15, 0.2) is 0 Å². The third-order valence-corrected chi connectivity index (χ3v) is 2.34. The summed E-state index contributed by atoms with van der Waals surface area (Å²) in [6, 6.07) is -0.407. The molecule has 22 heavy (non-hydrogen) atoms. The van der Waals surface area contributed by atoms with Crippen molar-refractivity contribution in [3.8, 4) is 0 Å². The second kappa shape index (κ2) is 8.82. The minimum absolute atomic E-state index is 0.189. The van der Waals surface area contributed by atoms with Crippen LogP contribution in [0.1, 0.15) is 54.4 Å². The van der Waals surface area contributed by atoms with E-state index in [0.29, 0.717) is 19.4 Å². The van der Waals surface area contributed by atoms with E-state index >= 15 is 0 Å². The molecule has 2 amide bonds. The molecule has 0 saturated carbocycles. The summed E-state index contributed by atoms with van der Waals surface area (Å²) in [6.07, 6.45) is 0.0750. The lowest BCUT2D eigenvalue weighted by Crippen LogP contribution is -2.41. The van der Waals surface area contributed by atoms with E-state index in [9.17, 15) is 14.7 Å². The summed E-state index contributed by atoms with van der Waals surface area (Å²) in [5, 5.41) is 14.5. The predicted molar refractivity (Wildman–Crippen MR) is 83.7 cm³/mol. The highest BCUT2D eigenvalue weighted by atomic mass is 16.6. The number of rotatable bonds is 6. The fourth-order valence-corrected chi connectivity index (χ4v) is 1.54. The van der Waals surface area contributed by atoms with Gasteiger partial charge < -0.3 is 25.2 Å². The Bertz CT molecular complexity index is 358. The summed E-state index contributed by atoms with van der Waals surface area (Å²) >= 11 is 0. The lowest BCUT2D eigenvalue weighted by atomic mass is 10.1. The van der Waals surface area contributed by atoms with E-state index in [-0.39, 0.29) is 6.61 Å². The number of nitrogens with one attached hydrogen (secondary N) is 2. The minimum Gasteiger partial charge on any atom is -0.444 e.